The number of benzene rings is 1. The number of para-hydroxylation sites is 2. The molecule has 0 unspecified atom stereocenters. The van der Waals surface area contributed by atoms with Crippen molar-refractivity contribution in [3.63, 3.8) is 0 Å². The van der Waals surface area contributed by atoms with E-state index in [1.165, 1.54) is 11.3 Å². The standard InChI is InChI=1S/C20H17N5O2S2/c1-12-8-9-28-17(12)18-22-23-20(27-18)29-11-16(26)13(10-21)19-24(2)14-6-4-5-7-15(14)25(19)3/h4-9H,11H2,1-3H3. The van der Waals surface area contributed by atoms with Gasteiger partial charge in [0.25, 0.3) is 11.1 Å². The van der Waals surface area contributed by atoms with Crippen molar-refractivity contribution < 1.29 is 9.21 Å². The van der Waals surface area contributed by atoms with E-state index in [0.717, 1.165) is 33.6 Å². The Morgan fingerprint density at radius 2 is 1.90 bits per heavy atom. The second-order valence-corrected chi connectivity index (χ2v) is 8.28. The Morgan fingerprint density at radius 3 is 2.48 bits per heavy atom. The second-order valence-electron chi connectivity index (χ2n) is 6.43. The fourth-order valence-corrected chi connectivity index (χ4v) is 4.69. The molecule has 3 heterocycles. The van der Waals surface area contributed by atoms with Gasteiger partial charge in [-0.05, 0) is 36.1 Å². The molecule has 1 aromatic carbocycles. The first-order valence-electron chi connectivity index (χ1n) is 8.76. The molecular formula is C20H17N5O2S2. The van der Waals surface area contributed by atoms with Crippen molar-refractivity contribution in [1.82, 2.24) is 10.2 Å². The zero-order chi connectivity index (χ0) is 20.5. The number of nitrogens with zero attached hydrogens (tertiary/aromatic N) is 5. The van der Waals surface area contributed by atoms with Crippen molar-refractivity contribution in [1.29, 1.82) is 5.26 Å². The van der Waals surface area contributed by atoms with Crippen molar-refractivity contribution in [2.75, 3.05) is 29.6 Å². The molecule has 4 rings (SSSR count). The maximum absolute atomic E-state index is 12.8. The van der Waals surface area contributed by atoms with E-state index in [-0.39, 0.29) is 17.1 Å². The van der Waals surface area contributed by atoms with E-state index in [0.29, 0.717) is 16.9 Å². The van der Waals surface area contributed by atoms with Gasteiger partial charge in [0.2, 0.25) is 0 Å². The summed E-state index contributed by atoms with van der Waals surface area (Å²) in [5.41, 5.74) is 3.07. The molecule has 146 valence electrons. The number of hydrogen-bond acceptors (Lipinski definition) is 9. The minimum atomic E-state index is -0.286. The Kier molecular flexibility index (Phi) is 5.13. The van der Waals surface area contributed by atoms with Crippen molar-refractivity contribution in [2.45, 2.75) is 12.1 Å². The van der Waals surface area contributed by atoms with Crippen LogP contribution >= 0.6 is 23.1 Å². The SMILES string of the molecule is Cc1ccsc1-c1nnc(SCC(=O)C(C#N)=C2N(C)c3ccccc3N2C)o1. The maximum atomic E-state index is 12.8. The van der Waals surface area contributed by atoms with Gasteiger partial charge >= 0.3 is 0 Å². The first-order valence-corrected chi connectivity index (χ1v) is 10.6. The number of carbonyl (C=O) groups excluding carboxylic acids is 1. The average molecular weight is 424 g/mol. The molecule has 1 aliphatic heterocycles. The summed E-state index contributed by atoms with van der Waals surface area (Å²) in [6.45, 7) is 1.98. The van der Waals surface area contributed by atoms with Gasteiger partial charge < -0.3 is 14.2 Å². The summed E-state index contributed by atoms with van der Waals surface area (Å²) in [4.78, 5) is 17.5. The van der Waals surface area contributed by atoms with E-state index in [1.54, 1.807) is 0 Å². The van der Waals surface area contributed by atoms with Crippen molar-refractivity contribution in [3.8, 4) is 16.8 Å². The third kappa shape index (κ3) is 3.41. The lowest BCUT2D eigenvalue weighted by atomic mass is 10.2. The van der Waals surface area contributed by atoms with Crippen LogP contribution in [0.5, 0.6) is 0 Å². The van der Waals surface area contributed by atoms with E-state index < -0.39 is 0 Å². The number of allylic oxidation sites excluding steroid dienone is 1. The number of rotatable bonds is 5. The van der Waals surface area contributed by atoms with Gasteiger partial charge in [0, 0.05) is 14.1 Å². The van der Waals surface area contributed by atoms with Gasteiger partial charge in [0.15, 0.2) is 5.78 Å². The van der Waals surface area contributed by atoms with Gasteiger partial charge in [-0.1, -0.05) is 23.9 Å². The molecule has 0 bridgehead atoms. The summed E-state index contributed by atoms with van der Waals surface area (Å²) < 4.78 is 5.67. The number of aromatic nitrogens is 2. The Morgan fingerprint density at radius 1 is 1.21 bits per heavy atom. The van der Waals surface area contributed by atoms with Crippen LogP contribution in [0.25, 0.3) is 10.8 Å². The van der Waals surface area contributed by atoms with E-state index in [1.807, 2.05) is 66.5 Å². The Labute approximate surface area is 176 Å². The van der Waals surface area contributed by atoms with Crippen LogP contribution in [-0.4, -0.2) is 35.8 Å². The van der Waals surface area contributed by atoms with Crippen LogP contribution in [0.3, 0.4) is 0 Å². The van der Waals surface area contributed by atoms with Crippen molar-refractivity contribution >= 4 is 40.3 Å². The van der Waals surface area contributed by atoms with Gasteiger partial charge in [-0.25, -0.2) is 0 Å². The molecule has 2 aromatic heterocycles. The third-order valence-corrected chi connectivity index (χ3v) is 6.47. The molecule has 9 heteroatoms. The summed E-state index contributed by atoms with van der Waals surface area (Å²) in [6, 6.07) is 11.8. The minimum Gasteiger partial charge on any atom is -0.410 e. The lowest BCUT2D eigenvalue weighted by molar-refractivity contribution is -0.112. The number of nitriles is 1. The molecule has 0 spiro atoms. The van der Waals surface area contributed by atoms with Crippen LogP contribution in [0.1, 0.15) is 5.56 Å². The highest BCUT2D eigenvalue weighted by Gasteiger charge is 2.31. The first-order chi connectivity index (χ1) is 14.0. The van der Waals surface area contributed by atoms with Gasteiger partial charge in [-0.3, -0.25) is 4.79 Å². The second kappa shape index (κ2) is 7.73. The first kappa shape index (κ1) is 19.2. The lowest BCUT2D eigenvalue weighted by Gasteiger charge is -2.19. The molecule has 1 aliphatic rings. The summed E-state index contributed by atoms with van der Waals surface area (Å²) in [7, 11) is 3.70. The molecule has 0 aliphatic carbocycles. The Bertz CT molecular complexity index is 1130. The Hall–Kier alpha value is -3.09. The highest BCUT2D eigenvalue weighted by molar-refractivity contribution is 7.99. The zero-order valence-corrected chi connectivity index (χ0v) is 17.7. The summed E-state index contributed by atoms with van der Waals surface area (Å²) in [5.74, 6) is 0.762. The number of thiophene rings is 1. The predicted molar refractivity (Wildman–Crippen MR) is 114 cm³/mol. The van der Waals surface area contributed by atoms with Gasteiger partial charge in [0.1, 0.15) is 17.5 Å². The van der Waals surface area contributed by atoms with E-state index in [9.17, 15) is 10.1 Å². The number of thioether (sulfide) groups is 1. The summed E-state index contributed by atoms with van der Waals surface area (Å²) in [6.07, 6.45) is 0. The molecule has 0 saturated carbocycles. The zero-order valence-electron chi connectivity index (χ0n) is 16.0. The van der Waals surface area contributed by atoms with Crippen LogP contribution in [0.15, 0.2) is 56.7 Å². The van der Waals surface area contributed by atoms with E-state index in [2.05, 4.69) is 16.3 Å². The third-order valence-electron chi connectivity index (χ3n) is 4.64. The lowest BCUT2D eigenvalue weighted by Crippen LogP contribution is -2.26. The number of anilines is 2. The number of ketones is 1. The van der Waals surface area contributed by atoms with Gasteiger partial charge in [-0.2, -0.15) is 5.26 Å². The van der Waals surface area contributed by atoms with Crippen LogP contribution < -0.4 is 9.80 Å². The number of fused-ring (bicyclic) bond motifs is 1. The van der Waals surface area contributed by atoms with E-state index >= 15 is 0 Å². The number of hydrogen-bond donors (Lipinski definition) is 0. The Balaban J connectivity index is 1.53. The number of carbonyl (C=O) groups is 1. The normalized spacial score (nSPS) is 12.8. The fourth-order valence-electron chi connectivity index (χ4n) is 3.21. The molecular weight excluding hydrogens is 406 g/mol. The monoisotopic (exact) mass is 423 g/mol. The molecule has 0 saturated heterocycles. The van der Waals surface area contributed by atoms with Crippen LogP contribution in [0, 0.1) is 18.3 Å². The quantitative estimate of drug-likeness (QED) is 0.345. The molecule has 7 nitrogen and oxygen atoms in total. The summed E-state index contributed by atoms with van der Waals surface area (Å²) >= 11 is 2.66. The highest BCUT2D eigenvalue weighted by atomic mass is 32.2. The fraction of sp³-hybridized carbons (Fsp3) is 0.200. The predicted octanol–water partition coefficient (Wildman–Crippen LogP) is 4.09. The molecule has 29 heavy (non-hydrogen) atoms. The molecule has 0 radical (unpaired) electrons. The smallest absolute Gasteiger partial charge is 0.277 e. The molecule has 0 atom stereocenters. The average Bonchev–Trinajstić information content (AvgIpc) is 3.42. The van der Waals surface area contributed by atoms with Crippen molar-refractivity contribution in [3.05, 3.63) is 52.7 Å². The van der Waals surface area contributed by atoms with Gasteiger partial charge in [0.05, 0.1) is 22.0 Å². The van der Waals surface area contributed by atoms with Crippen molar-refractivity contribution in [2.24, 2.45) is 0 Å². The minimum absolute atomic E-state index is 0.0372. The van der Waals surface area contributed by atoms with Crippen LogP contribution in [-0.2, 0) is 4.79 Å². The van der Waals surface area contributed by atoms with Gasteiger partial charge in [-0.15, -0.1) is 21.5 Å². The molecule has 0 N–H and O–H groups in total. The largest absolute Gasteiger partial charge is 0.410 e. The topological polar surface area (TPSA) is 86.3 Å². The molecule has 0 amide bonds. The van der Waals surface area contributed by atoms with Crippen LogP contribution in [0.4, 0.5) is 11.4 Å². The van der Waals surface area contributed by atoms with Crippen LogP contribution in [0.2, 0.25) is 0 Å². The maximum Gasteiger partial charge on any atom is 0.277 e. The summed E-state index contributed by atoms with van der Waals surface area (Å²) in [5, 5.41) is 20.0. The number of Topliss-reactive ketones (excluding diaryl/α,β-unsaturated/α-hetero) is 1. The molecule has 3 aromatic rings. The number of aryl methyl sites for hydroxylation is 1. The van der Waals surface area contributed by atoms with E-state index in [4.69, 9.17) is 4.42 Å². The molecule has 0 fully saturated rings. The highest BCUT2D eigenvalue weighted by Crippen LogP contribution is 2.40.